The summed E-state index contributed by atoms with van der Waals surface area (Å²) in [5, 5.41) is 11.1. The van der Waals surface area contributed by atoms with Gasteiger partial charge >= 0.3 is 0 Å². The highest BCUT2D eigenvalue weighted by molar-refractivity contribution is 5.15. The molecule has 0 bridgehead atoms. The van der Waals surface area contributed by atoms with Gasteiger partial charge in [0.15, 0.2) is 0 Å². The molecule has 180 valence electrons. The smallest absolute Gasteiger partial charge is 0.115 e. The monoisotopic (exact) mass is 462 g/mol. The average Bonchev–Trinajstić information content (AvgIpc) is 2.89. The molecule has 0 aliphatic carbocycles. The molecule has 3 aromatic carbocycles. The van der Waals surface area contributed by atoms with E-state index in [4.69, 9.17) is 18.9 Å². The molecule has 5 heteroatoms. The van der Waals surface area contributed by atoms with Crippen molar-refractivity contribution in [1.29, 1.82) is 0 Å². The fourth-order valence-electron chi connectivity index (χ4n) is 4.27. The first-order chi connectivity index (χ1) is 16.7. The van der Waals surface area contributed by atoms with E-state index in [0.717, 1.165) is 16.7 Å². The van der Waals surface area contributed by atoms with E-state index in [1.54, 1.807) is 0 Å². The largest absolute Gasteiger partial charge is 0.388 e. The standard InChI is InChI=1S/C29H34O5/c1-2-25-27(30)29(33-20-24-16-10-5-11-17-24)28(32-19-23-14-8-4-9-15-23)26(34-25)21-31-18-22-12-6-3-7-13-22/h3-17,25-30H,2,18-21H2,1H3/t25-,26+,27+,28+,29+/m0/s1. The molecule has 0 unspecified atom stereocenters. The van der Waals surface area contributed by atoms with Crippen molar-refractivity contribution in [3.05, 3.63) is 108 Å². The second-order valence-electron chi connectivity index (χ2n) is 8.63. The Balaban J connectivity index is 1.48. The lowest BCUT2D eigenvalue weighted by Crippen LogP contribution is -2.60. The molecule has 0 amide bonds. The minimum Gasteiger partial charge on any atom is -0.388 e. The van der Waals surface area contributed by atoms with Gasteiger partial charge in [0.2, 0.25) is 0 Å². The normalized spacial score (nSPS) is 24.7. The molecule has 1 fully saturated rings. The van der Waals surface area contributed by atoms with Gasteiger partial charge in [-0.2, -0.15) is 0 Å². The Morgan fingerprint density at radius 3 is 1.62 bits per heavy atom. The molecule has 34 heavy (non-hydrogen) atoms. The molecular weight excluding hydrogens is 428 g/mol. The highest BCUT2D eigenvalue weighted by Gasteiger charge is 2.46. The van der Waals surface area contributed by atoms with E-state index in [-0.39, 0.29) is 12.2 Å². The van der Waals surface area contributed by atoms with Crippen LogP contribution in [0.15, 0.2) is 91.0 Å². The van der Waals surface area contributed by atoms with Crippen molar-refractivity contribution >= 4 is 0 Å². The average molecular weight is 463 g/mol. The lowest BCUT2D eigenvalue weighted by Gasteiger charge is -2.44. The summed E-state index contributed by atoms with van der Waals surface area (Å²) in [6.45, 7) is 3.64. The number of hydrogen-bond donors (Lipinski definition) is 1. The Kier molecular flexibility index (Phi) is 9.25. The number of benzene rings is 3. The molecular formula is C29H34O5. The predicted molar refractivity (Wildman–Crippen MR) is 131 cm³/mol. The molecule has 1 N–H and O–H groups in total. The van der Waals surface area contributed by atoms with Gasteiger partial charge in [0, 0.05) is 0 Å². The second kappa shape index (κ2) is 12.8. The maximum Gasteiger partial charge on any atom is 0.115 e. The van der Waals surface area contributed by atoms with Gasteiger partial charge in [0.25, 0.3) is 0 Å². The van der Waals surface area contributed by atoms with E-state index < -0.39 is 18.3 Å². The molecule has 3 aromatic rings. The van der Waals surface area contributed by atoms with Crippen LogP contribution < -0.4 is 0 Å². The highest BCUT2D eigenvalue weighted by atomic mass is 16.6. The Morgan fingerprint density at radius 2 is 1.12 bits per heavy atom. The lowest BCUT2D eigenvalue weighted by molar-refractivity contribution is -0.261. The van der Waals surface area contributed by atoms with E-state index in [1.807, 2.05) is 97.9 Å². The van der Waals surface area contributed by atoms with E-state index >= 15 is 0 Å². The van der Waals surface area contributed by atoms with Crippen molar-refractivity contribution in [3.8, 4) is 0 Å². The third kappa shape index (κ3) is 6.75. The Labute approximate surface area is 202 Å². The van der Waals surface area contributed by atoms with Gasteiger partial charge in [0.1, 0.15) is 24.4 Å². The molecule has 1 aliphatic heterocycles. The SMILES string of the molecule is CC[C@@H]1O[C@H](COCc2ccccc2)[C@@H](OCc2ccccc2)[C@H](OCc2ccccc2)[C@@H]1O. The molecule has 4 rings (SSSR count). The van der Waals surface area contributed by atoms with E-state index in [9.17, 15) is 5.11 Å². The summed E-state index contributed by atoms with van der Waals surface area (Å²) in [6, 6.07) is 30.0. The zero-order valence-electron chi connectivity index (χ0n) is 19.7. The summed E-state index contributed by atoms with van der Waals surface area (Å²) < 4.78 is 25.0. The molecule has 0 radical (unpaired) electrons. The topological polar surface area (TPSA) is 57.2 Å². The predicted octanol–water partition coefficient (Wildman–Crippen LogP) is 4.91. The Hall–Kier alpha value is -2.54. The number of ether oxygens (including phenoxy) is 4. The quantitative estimate of drug-likeness (QED) is 0.439. The number of aliphatic hydroxyl groups excluding tert-OH is 1. The molecule has 5 nitrogen and oxygen atoms in total. The van der Waals surface area contributed by atoms with Crippen LogP contribution in [0.1, 0.15) is 30.0 Å². The van der Waals surface area contributed by atoms with Gasteiger partial charge < -0.3 is 24.1 Å². The number of rotatable bonds is 11. The fourth-order valence-corrected chi connectivity index (χ4v) is 4.27. The van der Waals surface area contributed by atoms with Gasteiger partial charge in [-0.25, -0.2) is 0 Å². The number of aliphatic hydroxyl groups is 1. The van der Waals surface area contributed by atoms with Gasteiger partial charge in [-0.05, 0) is 23.1 Å². The van der Waals surface area contributed by atoms with Crippen LogP contribution >= 0.6 is 0 Å². The first kappa shape index (κ1) is 24.6. The lowest BCUT2D eigenvalue weighted by atomic mass is 9.93. The second-order valence-corrected chi connectivity index (χ2v) is 8.63. The van der Waals surface area contributed by atoms with Crippen molar-refractivity contribution in [3.63, 3.8) is 0 Å². The van der Waals surface area contributed by atoms with Gasteiger partial charge in [0.05, 0.1) is 32.5 Å². The summed E-state index contributed by atoms with van der Waals surface area (Å²) in [5.41, 5.74) is 3.21. The third-order valence-corrected chi connectivity index (χ3v) is 6.12. The molecule has 0 spiro atoms. The number of hydrogen-bond acceptors (Lipinski definition) is 5. The van der Waals surface area contributed by atoms with Crippen LogP contribution in [0.3, 0.4) is 0 Å². The summed E-state index contributed by atoms with van der Waals surface area (Å²) >= 11 is 0. The van der Waals surface area contributed by atoms with Gasteiger partial charge in [-0.15, -0.1) is 0 Å². The maximum atomic E-state index is 11.1. The molecule has 1 saturated heterocycles. The van der Waals surface area contributed by atoms with Gasteiger partial charge in [-0.1, -0.05) is 97.9 Å². The highest BCUT2D eigenvalue weighted by Crippen LogP contribution is 2.29. The van der Waals surface area contributed by atoms with Crippen molar-refractivity contribution < 1.29 is 24.1 Å². The molecule has 0 aromatic heterocycles. The van der Waals surface area contributed by atoms with E-state index in [2.05, 4.69) is 0 Å². The van der Waals surface area contributed by atoms with Crippen molar-refractivity contribution in [1.82, 2.24) is 0 Å². The third-order valence-electron chi connectivity index (χ3n) is 6.12. The minimum absolute atomic E-state index is 0.345. The van der Waals surface area contributed by atoms with E-state index in [0.29, 0.717) is 32.8 Å². The van der Waals surface area contributed by atoms with Crippen LogP contribution in [0.5, 0.6) is 0 Å². The summed E-state index contributed by atoms with van der Waals surface area (Å²) in [7, 11) is 0. The summed E-state index contributed by atoms with van der Waals surface area (Å²) in [5.74, 6) is 0. The minimum atomic E-state index is -0.792. The van der Waals surface area contributed by atoms with Crippen LogP contribution in [0.25, 0.3) is 0 Å². The zero-order valence-corrected chi connectivity index (χ0v) is 19.7. The van der Waals surface area contributed by atoms with Crippen LogP contribution in [-0.4, -0.2) is 42.2 Å². The first-order valence-electron chi connectivity index (χ1n) is 12.0. The molecule has 0 saturated carbocycles. The Morgan fingerprint density at radius 1 is 0.647 bits per heavy atom. The summed E-state index contributed by atoms with van der Waals surface area (Å²) in [6.07, 6.45) is -1.83. The molecule has 1 aliphatic rings. The van der Waals surface area contributed by atoms with Crippen molar-refractivity contribution in [2.75, 3.05) is 6.61 Å². The van der Waals surface area contributed by atoms with Crippen molar-refractivity contribution in [2.45, 2.75) is 63.7 Å². The van der Waals surface area contributed by atoms with E-state index in [1.165, 1.54) is 0 Å². The van der Waals surface area contributed by atoms with Crippen LogP contribution in [0.2, 0.25) is 0 Å². The van der Waals surface area contributed by atoms with Crippen LogP contribution in [0.4, 0.5) is 0 Å². The Bertz CT molecular complexity index is 950. The van der Waals surface area contributed by atoms with Gasteiger partial charge in [-0.3, -0.25) is 0 Å². The molecule has 1 heterocycles. The van der Waals surface area contributed by atoms with Crippen LogP contribution in [0, 0.1) is 0 Å². The summed E-state index contributed by atoms with van der Waals surface area (Å²) in [4.78, 5) is 0. The fraction of sp³-hybridized carbons (Fsp3) is 0.379. The first-order valence-corrected chi connectivity index (χ1v) is 12.0. The molecule has 5 atom stereocenters. The zero-order chi connectivity index (χ0) is 23.6. The maximum absolute atomic E-state index is 11.1. The van der Waals surface area contributed by atoms with Crippen LogP contribution in [-0.2, 0) is 38.8 Å². The van der Waals surface area contributed by atoms with Crippen molar-refractivity contribution in [2.24, 2.45) is 0 Å².